The van der Waals surface area contributed by atoms with Gasteiger partial charge in [0.2, 0.25) is 0 Å². The molecule has 1 fully saturated rings. The highest BCUT2D eigenvalue weighted by molar-refractivity contribution is 6.20. The normalized spacial score (nSPS) is 39.8. The average molecular weight is 135 g/mol. The highest BCUT2D eigenvalue weighted by atomic mass is 35.5. The zero-order valence-corrected chi connectivity index (χ0v) is 5.49. The maximum Gasteiger partial charge on any atom is 0.0547 e. The summed E-state index contributed by atoms with van der Waals surface area (Å²) in [6.07, 6.45) is 2.24. The van der Waals surface area contributed by atoms with E-state index < -0.39 is 0 Å². The summed E-state index contributed by atoms with van der Waals surface area (Å²) >= 11 is 5.76. The molecule has 2 atom stereocenters. The monoisotopic (exact) mass is 134 g/mol. The minimum absolute atomic E-state index is 0.185. The zero-order chi connectivity index (χ0) is 5.98. The van der Waals surface area contributed by atoms with E-state index in [1.54, 1.807) is 0 Å². The van der Waals surface area contributed by atoms with Crippen LogP contribution in [0, 0.1) is 0 Å². The summed E-state index contributed by atoms with van der Waals surface area (Å²) in [5.74, 6) is 0. The molecule has 3 heteroatoms. The van der Waals surface area contributed by atoms with Crippen molar-refractivity contribution in [3.8, 4) is 0 Å². The molecule has 0 spiro atoms. The van der Waals surface area contributed by atoms with Crippen molar-refractivity contribution in [3.05, 3.63) is 0 Å². The second kappa shape index (κ2) is 2.67. The maximum atomic E-state index is 5.76. The molecule has 8 heavy (non-hydrogen) atoms. The molecule has 0 amide bonds. The van der Waals surface area contributed by atoms with Gasteiger partial charge in [-0.25, -0.2) is 0 Å². The summed E-state index contributed by atoms with van der Waals surface area (Å²) in [5, 5.41) is 3.38. The van der Waals surface area contributed by atoms with Crippen LogP contribution in [0.25, 0.3) is 0 Å². The quantitative estimate of drug-likeness (QED) is 0.467. The fourth-order valence-electron chi connectivity index (χ4n) is 0.844. The van der Waals surface area contributed by atoms with E-state index in [0.717, 1.165) is 19.4 Å². The third-order valence-electron chi connectivity index (χ3n) is 1.39. The van der Waals surface area contributed by atoms with Crippen molar-refractivity contribution in [1.29, 1.82) is 0 Å². The lowest BCUT2D eigenvalue weighted by Crippen LogP contribution is -2.45. The molecule has 0 aromatic carbocycles. The summed E-state index contributed by atoms with van der Waals surface area (Å²) in [7, 11) is 0. The number of piperidine rings is 1. The van der Waals surface area contributed by atoms with Gasteiger partial charge < -0.3 is 11.1 Å². The molecule has 1 heterocycles. The van der Waals surface area contributed by atoms with Gasteiger partial charge in [0.05, 0.1) is 6.17 Å². The van der Waals surface area contributed by atoms with Gasteiger partial charge in [-0.15, -0.1) is 11.6 Å². The number of alkyl halides is 1. The van der Waals surface area contributed by atoms with Crippen molar-refractivity contribution in [1.82, 2.24) is 5.32 Å². The molecule has 0 unspecified atom stereocenters. The standard InChI is InChI=1S/C5H11ClN2/c6-4-1-2-5(7)8-3-4/h4-5,8H,1-3,7H2/t4-,5-/m0/s1. The minimum atomic E-state index is 0.185. The molecule has 1 saturated heterocycles. The van der Waals surface area contributed by atoms with E-state index in [1.807, 2.05) is 0 Å². The Morgan fingerprint density at radius 2 is 2.25 bits per heavy atom. The Morgan fingerprint density at radius 3 is 2.62 bits per heavy atom. The fraction of sp³-hybridized carbons (Fsp3) is 1.00. The topological polar surface area (TPSA) is 38.0 Å². The molecule has 48 valence electrons. The van der Waals surface area contributed by atoms with Gasteiger partial charge in [-0.3, -0.25) is 0 Å². The molecule has 0 saturated carbocycles. The Labute approximate surface area is 54.4 Å². The first-order valence-electron chi connectivity index (χ1n) is 2.92. The van der Waals surface area contributed by atoms with Crippen molar-refractivity contribution in [2.45, 2.75) is 24.4 Å². The molecular weight excluding hydrogens is 124 g/mol. The molecule has 0 radical (unpaired) electrons. The summed E-state index contributed by atoms with van der Waals surface area (Å²) < 4.78 is 0. The first-order valence-corrected chi connectivity index (χ1v) is 3.35. The van der Waals surface area contributed by atoms with Gasteiger partial charge in [0.15, 0.2) is 0 Å². The molecule has 1 aliphatic rings. The van der Waals surface area contributed by atoms with Gasteiger partial charge in [-0.05, 0) is 12.8 Å². The van der Waals surface area contributed by atoms with Gasteiger partial charge >= 0.3 is 0 Å². The van der Waals surface area contributed by atoms with E-state index in [1.165, 1.54) is 0 Å². The van der Waals surface area contributed by atoms with Crippen LogP contribution in [0.1, 0.15) is 12.8 Å². The molecule has 2 nitrogen and oxygen atoms in total. The maximum absolute atomic E-state index is 5.76. The summed E-state index contributed by atoms with van der Waals surface area (Å²) in [6, 6.07) is 0. The Morgan fingerprint density at radius 1 is 1.50 bits per heavy atom. The fourth-order valence-corrected chi connectivity index (χ4v) is 1.06. The second-order valence-corrected chi connectivity index (χ2v) is 2.81. The zero-order valence-electron chi connectivity index (χ0n) is 4.73. The van der Waals surface area contributed by atoms with E-state index in [2.05, 4.69) is 5.32 Å². The lowest BCUT2D eigenvalue weighted by Gasteiger charge is -2.22. The first-order chi connectivity index (χ1) is 3.79. The molecule has 0 aromatic heterocycles. The van der Waals surface area contributed by atoms with Crippen molar-refractivity contribution in [2.75, 3.05) is 6.54 Å². The Bertz CT molecular complexity index is 58.8. The van der Waals surface area contributed by atoms with Crippen LogP contribution in [0.4, 0.5) is 0 Å². The lowest BCUT2D eigenvalue weighted by atomic mass is 10.1. The van der Waals surface area contributed by atoms with Crippen LogP contribution in [0.5, 0.6) is 0 Å². The van der Waals surface area contributed by atoms with E-state index in [4.69, 9.17) is 17.3 Å². The SMILES string of the molecule is N[C@@H]1CC[C@H](Cl)CN1. The predicted molar refractivity (Wildman–Crippen MR) is 34.9 cm³/mol. The van der Waals surface area contributed by atoms with Crippen LogP contribution in [-0.2, 0) is 0 Å². The first kappa shape index (κ1) is 6.33. The van der Waals surface area contributed by atoms with Crippen LogP contribution in [0.15, 0.2) is 0 Å². The second-order valence-electron chi connectivity index (χ2n) is 2.19. The van der Waals surface area contributed by atoms with Crippen LogP contribution in [0.2, 0.25) is 0 Å². The number of nitrogens with one attached hydrogen (secondary N) is 1. The highest BCUT2D eigenvalue weighted by Crippen LogP contribution is 2.09. The lowest BCUT2D eigenvalue weighted by molar-refractivity contribution is 0.415. The third-order valence-corrected chi connectivity index (χ3v) is 1.76. The van der Waals surface area contributed by atoms with Crippen molar-refractivity contribution >= 4 is 11.6 Å². The molecule has 0 aliphatic carbocycles. The molecule has 1 aliphatic heterocycles. The van der Waals surface area contributed by atoms with Gasteiger partial charge in [-0.1, -0.05) is 0 Å². The Hall–Kier alpha value is 0.210. The third kappa shape index (κ3) is 1.62. The van der Waals surface area contributed by atoms with Crippen molar-refractivity contribution in [3.63, 3.8) is 0 Å². The Balaban J connectivity index is 2.19. The number of rotatable bonds is 0. The van der Waals surface area contributed by atoms with Gasteiger partial charge in [-0.2, -0.15) is 0 Å². The van der Waals surface area contributed by atoms with Gasteiger partial charge in [0.1, 0.15) is 0 Å². The van der Waals surface area contributed by atoms with Gasteiger partial charge in [0.25, 0.3) is 0 Å². The van der Waals surface area contributed by atoms with E-state index in [0.29, 0.717) is 5.38 Å². The molecule has 3 N–H and O–H groups in total. The van der Waals surface area contributed by atoms with Crippen LogP contribution >= 0.6 is 11.6 Å². The molecule has 0 bridgehead atoms. The van der Waals surface area contributed by atoms with E-state index >= 15 is 0 Å². The molecule has 0 aromatic rings. The number of hydrogen-bond donors (Lipinski definition) is 2. The van der Waals surface area contributed by atoms with E-state index in [-0.39, 0.29) is 6.17 Å². The smallest absolute Gasteiger partial charge is 0.0547 e. The average Bonchev–Trinajstić information content (AvgIpc) is 1.77. The van der Waals surface area contributed by atoms with Crippen molar-refractivity contribution < 1.29 is 0 Å². The van der Waals surface area contributed by atoms with Gasteiger partial charge in [0, 0.05) is 11.9 Å². The number of hydrogen-bond acceptors (Lipinski definition) is 2. The summed E-state index contributed by atoms with van der Waals surface area (Å²) in [6.45, 7) is 0.864. The molecule has 1 rings (SSSR count). The summed E-state index contributed by atoms with van der Waals surface area (Å²) in [5.41, 5.74) is 5.53. The predicted octanol–water partition coefficient (Wildman–Crippen LogP) is 0.262. The van der Waals surface area contributed by atoms with Crippen LogP contribution in [0.3, 0.4) is 0 Å². The van der Waals surface area contributed by atoms with Crippen LogP contribution in [-0.4, -0.2) is 18.1 Å². The van der Waals surface area contributed by atoms with E-state index in [9.17, 15) is 0 Å². The summed E-state index contributed by atoms with van der Waals surface area (Å²) in [4.78, 5) is 0. The number of halogens is 1. The molecular formula is C5H11ClN2. The van der Waals surface area contributed by atoms with Crippen LogP contribution < -0.4 is 11.1 Å². The minimum Gasteiger partial charge on any atom is -0.316 e. The highest BCUT2D eigenvalue weighted by Gasteiger charge is 2.14. The largest absolute Gasteiger partial charge is 0.316 e. The van der Waals surface area contributed by atoms with Crippen molar-refractivity contribution in [2.24, 2.45) is 5.73 Å². The Kier molecular flexibility index (Phi) is 2.11. The number of nitrogens with two attached hydrogens (primary N) is 1.